The van der Waals surface area contributed by atoms with E-state index in [1.165, 1.54) is 0 Å². The minimum absolute atomic E-state index is 0.0320. The Morgan fingerprint density at radius 2 is 2.00 bits per heavy atom. The molecule has 0 rings (SSSR count). The average molecular weight is 184 g/mol. The Balaban J connectivity index is 3.09. The van der Waals surface area contributed by atoms with Gasteiger partial charge in [-0.3, -0.25) is 4.52 Å². The molecule has 0 unspecified atom stereocenters. The molecule has 5 nitrogen and oxygen atoms in total. The first-order valence-corrected chi connectivity index (χ1v) is 4.87. The molecule has 0 fully saturated rings. The Morgan fingerprint density at radius 1 is 1.36 bits per heavy atom. The quantitative estimate of drug-likeness (QED) is 0.465. The monoisotopic (exact) mass is 184 g/mol. The SMILES string of the molecule is CCOCCCOP(=O)(O)O. The molecule has 0 atom stereocenters. The van der Waals surface area contributed by atoms with E-state index >= 15 is 0 Å². The lowest BCUT2D eigenvalue weighted by molar-refractivity contribution is 0.121. The van der Waals surface area contributed by atoms with Gasteiger partial charge in [-0.2, -0.15) is 0 Å². The lowest BCUT2D eigenvalue weighted by Crippen LogP contribution is -1.99. The van der Waals surface area contributed by atoms with Crippen LogP contribution in [0.3, 0.4) is 0 Å². The molecular formula is C5H13O5P. The molecule has 0 aromatic heterocycles. The van der Waals surface area contributed by atoms with Crippen LogP contribution < -0.4 is 0 Å². The van der Waals surface area contributed by atoms with Gasteiger partial charge in [0.2, 0.25) is 0 Å². The van der Waals surface area contributed by atoms with Gasteiger partial charge in [-0.15, -0.1) is 0 Å². The van der Waals surface area contributed by atoms with Crippen LogP contribution in [0.5, 0.6) is 0 Å². The van der Waals surface area contributed by atoms with E-state index in [2.05, 4.69) is 4.52 Å². The highest BCUT2D eigenvalue weighted by atomic mass is 31.2. The third kappa shape index (κ3) is 10.1. The Hall–Kier alpha value is 0.0700. The lowest BCUT2D eigenvalue weighted by atomic mass is 10.5. The first kappa shape index (κ1) is 11.1. The van der Waals surface area contributed by atoms with Crippen molar-refractivity contribution >= 4 is 7.82 Å². The van der Waals surface area contributed by atoms with Gasteiger partial charge in [0, 0.05) is 13.2 Å². The summed E-state index contributed by atoms with van der Waals surface area (Å²) in [5.74, 6) is 0. The van der Waals surface area contributed by atoms with Crippen LogP contribution in [0.15, 0.2) is 0 Å². The van der Waals surface area contributed by atoms with Crippen LogP contribution in [0, 0.1) is 0 Å². The van der Waals surface area contributed by atoms with Crippen molar-refractivity contribution in [3.63, 3.8) is 0 Å². The van der Waals surface area contributed by atoms with Crippen molar-refractivity contribution in [2.75, 3.05) is 19.8 Å². The van der Waals surface area contributed by atoms with Gasteiger partial charge in [0.05, 0.1) is 6.61 Å². The molecule has 0 spiro atoms. The molecule has 0 radical (unpaired) electrons. The summed E-state index contributed by atoms with van der Waals surface area (Å²) in [6, 6.07) is 0. The van der Waals surface area contributed by atoms with E-state index in [1.54, 1.807) is 0 Å². The second-order valence-electron chi connectivity index (χ2n) is 1.87. The molecule has 0 saturated carbocycles. The zero-order valence-electron chi connectivity index (χ0n) is 6.39. The molecule has 0 amide bonds. The molecular weight excluding hydrogens is 171 g/mol. The highest BCUT2D eigenvalue weighted by Gasteiger charge is 2.12. The molecule has 0 saturated heterocycles. The van der Waals surface area contributed by atoms with Crippen molar-refractivity contribution in [1.82, 2.24) is 0 Å². The molecule has 0 aliphatic heterocycles. The van der Waals surface area contributed by atoms with E-state index in [-0.39, 0.29) is 6.61 Å². The van der Waals surface area contributed by atoms with E-state index in [0.29, 0.717) is 19.6 Å². The van der Waals surface area contributed by atoms with Crippen molar-refractivity contribution in [2.24, 2.45) is 0 Å². The predicted molar refractivity (Wildman–Crippen MR) is 39.1 cm³/mol. The van der Waals surface area contributed by atoms with Gasteiger partial charge in [-0.1, -0.05) is 0 Å². The van der Waals surface area contributed by atoms with E-state index in [0.717, 1.165) is 0 Å². The maximum absolute atomic E-state index is 10.1. The van der Waals surface area contributed by atoms with Crippen LogP contribution in [-0.4, -0.2) is 29.6 Å². The number of rotatable bonds is 6. The molecule has 0 bridgehead atoms. The maximum atomic E-state index is 10.1. The van der Waals surface area contributed by atoms with Gasteiger partial charge in [-0.25, -0.2) is 4.57 Å². The molecule has 11 heavy (non-hydrogen) atoms. The zero-order valence-corrected chi connectivity index (χ0v) is 7.29. The van der Waals surface area contributed by atoms with E-state index in [9.17, 15) is 4.57 Å². The molecule has 68 valence electrons. The van der Waals surface area contributed by atoms with Crippen LogP contribution in [0.1, 0.15) is 13.3 Å². The number of ether oxygens (including phenoxy) is 1. The standard InChI is InChI=1S/C5H13O5P/c1-2-9-4-3-5-10-11(6,7)8/h2-5H2,1H3,(H2,6,7,8). The minimum Gasteiger partial charge on any atom is -0.382 e. The van der Waals surface area contributed by atoms with Gasteiger partial charge < -0.3 is 14.5 Å². The highest BCUT2D eigenvalue weighted by molar-refractivity contribution is 7.46. The van der Waals surface area contributed by atoms with Crippen molar-refractivity contribution in [1.29, 1.82) is 0 Å². The highest BCUT2D eigenvalue weighted by Crippen LogP contribution is 2.35. The Labute approximate surface area is 65.6 Å². The van der Waals surface area contributed by atoms with Crippen molar-refractivity contribution in [2.45, 2.75) is 13.3 Å². The third-order valence-corrected chi connectivity index (χ3v) is 1.42. The van der Waals surface area contributed by atoms with Crippen molar-refractivity contribution in [3.05, 3.63) is 0 Å². The molecule has 2 N–H and O–H groups in total. The van der Waals surface area contributed by atoms with Gasteiger partial charge >= 0.3 is 7.82 Å². The number of phosphoric acid groups is 1. The van der Waals surface area contributed by atoms with Crippen LogP contribution in [0.2, 0.25) is 0 Å². The van der Waals surface area contributed by atoms with Crippen molar-refractivity contribution in [3.8, 4) is 0 Å². The zero-order chi connectivity index (χ0) is 8.74. The van der Waals surface area contributed by atoms with Gasteiger partial charge in [0.15, 0.2) is 0 Å². The Kier molecular flexibility index (Phi) is 5.72. The molecule has 0 aliphatic carbocycles. The van der Waals surface area contributed by atoms with Gasteiger partial charge in [0.25, 0.3) is 0 Å². The normalized spacial score (nSPS) is 11.9. The Morgan fingerprint density at radius 3 is 2.45 bits per heavy atom. The lowest BCUT2D eigenvalue weighted by Gasteiger charge is -2.04. The Bertz CT molecular complexity index is 131. The molecule has 0 aromatic carbocycles. The fourth-order valence-corrected chi connectivity index (χ4v) is 0.856. The summed E-state index contributed by atoms with van der Waals surface area (Å²) in [5, 5.41) is 0. The fraction of sp³-hybridized carbons (Fsp3) is 1.00. The van der Waals surface area contributed by atoms with Crippen LogP contribution in [0.25, 0.3) is 0 Å². The number of hydrogen-bond acceptors (Lipinski definition) is 3. The van der Waals surface area contributed by atoms with Crippen LogP contribution in [0.4, 0.5) is 0 Å². The largest absolute Gasteiger partial charge is 0.469 e. The summed E-state index contributed by atoms with van der Waals surface area (Å²) in [4.78, 5) is 16.4. The van der Waals surface area contributed by atoms with Gasteiger partial charge in [0.1, 0.15) is 0 Å². The maximum Gasteiger partial charge on any atom is 0.469 e. The molecule has 0 aromatic rings. The minimum atomic E-state index is -4.27. The topological polar surface area (TPSA) is 76.0 Å². The molecule has 0 heterocycles. The number of phosphoric ester groups is 1. The van der Waals surface area contributed by atoms with Crippen molar-refractivity contribution < 1.29 is 23.6 Å². The van der Waals surface area contributed by atoms with Crippen LogP contribution in [-0.2, 0) is 13.8 Å². The predicted octanol–water partition coefficient (Wildman–Crippen LogP) is 0.522. The molecule has 0 aliphatic rings. The first-order valence-electron chi connectivity index (χ1n) is 3.34. The summed E-state index contributed by atoms with van der Waals surface area (Å²) >= 11 is 0. The summed E-state index contributed by atoms with van der Waals surface area (Å²) in [6.07, 6.45) is 0.499. The third-order valence-electron chi connectivity index (χ3n) is 0.897. The van der Waals surface area contributed by atoms with Gasteiger partial charge in [-0.05, 0) is 13.3 Å². The smallest absolute Gasteiger partial charge is 0.382 e. The average Bonchev–Trinajstić information content (AvgIpc) is 1.85. The summed E-state index contributed by atoms with van der Waals surface area (Å²) in [6.45, 7) is 2.96. The van der Waals surface area contributed by atoms with E-state index in [4.69, 9.17) is 14.5 Å². The summed E-state index contributed by atoms with van der Waals surface area (Å²) in [7, 11) is -4.27. The summed E-state index contributed by atoms with van der Waals surface area (Å²) < 4.78 is 19.2. The van der Waals surface area contributed by atoms with E-state index < -0.39 is 7.82 Å². The second-order valence-corrected chi connectivity index (χ2v) is 3.11. The molecule has 6 heteroatoms. The second kappa shape index (κ2) is 5.69. The van der Waals surface area contributed by atoms with Crippen LogP contribution >= 0.6 is 7.82 Å². The summed E-state index contributed by atoms with van der Waals surface area (Å²) in [5.41, 5.74) is 0. The van der Waals surface area contributed by atoms with E-state index in [1.807, 2.05) is 6.92 Å². The first-order chi connectivity index (χ1) is 5.06. The number of hydrogen-bond donors (Lipinski definition) is 2. The fourth-order valence-electron chi connectivity index (χ4n) is 0.489.